The predicted octanol–water partition coefficient (Wildman–Crippen LogP) is 2.79. The Morgan fingerprint density at radius 1 is 1.61 bits per heavy atom. The van der Waals surface area contributed by atoms with Gasteiger partial charge in [0, 0.05) is 0 Å². The first-order valence-corrected chi connectivity index (χ1v) is 8.50. The average Bonchev–Trinajstić information content (AvgIpc) is 2.57. The third-order valence-corrected chi connectivity index (χ3v) is 5.64. The van der Waals surface area contributed by atoms with Crippen LogP contribution in [0.3, 0.4) is 0 Å². The van der Waals surface area contributed by atoms with Crippen LogP contribution in [0.2, 0.25) is 8.67 Å². The summed E-state index contributed by atoms with van der Waals surface area (Å²) in [4.78, 5) is 0.0643. The molecule has 0 saturated heterocycles. The molecule has 1 aromatic heterocycles. The van der Waals surface area contributed by atoms with Crippen molar-refractivity contribution in [1.29, 1.82) is 0 Å². The van der Waals surface area contributed by atoms with Crippen LogP contribution >= 0.6 is 46.8 Å². The van der Waals surface area contributed by atoms with E-state index in [4.69, 9.17) is 41.2 Å². The molecule has 1 unspecified atom stereocenters. The first kappa shape index (κ1) is 16.1. The summed E-state index contributed by atoms with van der Waals surface area (Å²) in [5.41, 5.74) is 5.50. The van der Waals surface area contributed by atoms with Crippen LogP contribution < -0.4 is 10.5 Å². The van der Waals surface area contributed by atoms with Crippen molar-refractivity contribution < 1.29 is 8.42 Å². The molecule has 0 radical (unpaired) electrons. The van der Waals surface area contributed by atoms with Gasteiger partial charge in [0.25, 0.3) is 0 Å². The fourth-order valence-corrected chi connectivity index (χ4v) is 4.96. The Balaban J connectivity index is 3.00. The molecule has 4 nitrogen and oxygen atoms in total. The number of hydrogen-bond donors (Lipinski definition) is 2. The maximum absolute atomic E-state index is 12.1. The standard InChI is InChI=1S/C9H12Cl2N2O2S3/c1-2-3-5(9(12)16)13-18(14,15)6-4-7(10)17-8(6)11/h4-5,13H,2-3H2,1H3,(H2,12,16). The monoisotopic (exact) mass is 346 g/mol. The number of thiocarbonyl (C=S) groups is 1. The Bertz CT molecular complexity index is 542. The van der Waals surface area contributed by atoms with Crippen LogP contribution in [0.25, 0.3) is 0 Å². The van der Waals surface area contributed by atoms with Gasteiger partial charge in [-0.15, -0.1) is 11.3 Å². The maximum atomic E-state index is 12.1. The first-order chi connectivity index (χ1) is 8.27. The normalized spacial score (nSPS) is 13.5. The number of thiophene rings is 1. The van der Waals surface area contributed by atoms with E-state index in [0.29, 0.717) is 10.8 Å². The van der Waals surface area contributed by atoms with Gasteiger partial charge < -0.3 is 5.73 Å². The van der Waals surface area contributed by atoms with Gasteiger partial charge in [-0.05, 0) is 12.5 Å². The molecule has 1 atom stereocenters. The highest BCUT2D eigenvalue weighted by Crippen LogP contribution is 2.34. The molecule has 1 heterocycles. The number of halogens is 2. The highest BCUT2D eigenvalue weighted by molar-refractivity contribution is 7.90. The van der Waals surface area contributed by atoms with Crippen LogP contribution in [0.5, 0.6) is 0 Å². The van der Waals surface area contributed by atoms with E-state index in [1.54, 1.807) is 0 Å². The summed E-state index contributed by atoms with van der Waals surface area (Å²) >= 11 is 17.4. The van der Waals surface area contributed by atoms with Crippen LogP contribution in [-0.4, -0.2) is 19.4 Å². The fourth-order valence-electron chi connectivity index (χ4n) is 1.31. The predicted molar refractivity (Wildman–Crippen MR) is 80.1 cm³/mol. The van der Waals surface area contributed by atoms with E-state index in [-0.39, 0.29) is 14.2 Å². The Kier molecular flexibility index (Phi) is 5.82. The van der Waals surface area contributed by atoms with Gasteiger partial charge in [-0.1, -0.05) is 48.8 Å². The second kappa shape index (κ2) is 6.49. The van der Waals surface area contributed by atoms with Crippen molar-refractivity contribution in [3.05, 3.63) is 14.7 Å². The van der Waals surface area contributed by atoms with Crippen molar-refractivity contribution >= 4 is 61.8 Å². The average molecular weight is 347 g/mol. The zero-order chi connectivity index (χ0) is 13.9. The van der Waals surface area contributed by atoms with Crippen LogP contribution in [0.4, 0.5) is 0 Å². The second-order valence-corrected chi connectivity index (χ2v) is 7.99. The van der Waals surface area contributed by atoms with Crippen molar-refractivity contribution in [3.8, 4) is 0 Å². The van der Waals surface area contributed by atoms with E-state index < -0.39 is 16.1 Å². The maximum Gasteiger partial charge on any atom is 0.243 e. The summed E-state index contributed by atoms with van der Waals surface area (Å²) in [7, 11) is -3.76. The summed E-state index contributed by atoms with van der Waals surface area (Å²) < 4.78 is 27.0. The zero-order valence-corrected chi connectivity index (χ0v) is 13.4. The molecule has 1 rings (SSSR count). The highest BCUT2D eigenvalue weighted by Gasteiger charge is 2.25. The molecule has 9 heteroatoms. The number of rotatable bonds is 6. The van der Waals surface area contributed by atoms with Gasteiger partial charge >= 0.3 is 0 Å². The largest absolute Gasteiger partial charge is 0.392 e. The molecule has 0 saturated carbocycles. The molecule has 3 N–H and O–H groups in total. The third kappa shape index (κ3) is 4.04. The van der Waals surface area contributed by atoms with Crippen LogP contribution in [0.15, 0.2) is 11.0 Å². The SMILES string of the molecule is CCCC(NS(=O)(=O)c1cc(Cl)sc1Cl)C(N)=S. The number of nitrogens with one attached hydrogen (secondary N) is 1. The molecular formula is C9H12Cl2N2O2S3. The number of nitrogens with two attached hydrogens (primary N) is 1. The molecule has 0 amide bonds. The smallest absolute Gasteiger partial charge is 0.243 e. The third-order valence-electron chi connectivity index (χ3n) is 2.13. The highest BCUT2D eigenvalue weighted by atomic mass is 35.5. The van der Waals surface area contributed by atoms with E-state index in [2.05, 4.69) is 4.72 Å². The molecule has 1 aromatic rings. The lowest BCUT2D eigenvalue weighted by atomic mass is 10.2. The number of hydrogen-bond acceptors (Lipinski definition) is 4. The van der Waals surface area contributed by atoms with E-state index >= 15 is 0 Å². The molecule has 0 aliphatic carbocycles. The van der Waals surface area contributed by atoms with E-state index in [9.17, 15) is 8.42 Å². The molecular weight excluding hydrogens is 335 g/mol. The van der Waals surface area contributed by atoms with Gasteiger partial charge in [-0.25, -0.2) is 13.1 Å². The number of sulfonamides is 1. The second-order valence-electron chi connectivity index (χ2n) is 3.55. The lowest BCUT2D eigenvalue weighted by Gasteiger charge is -2.16. The molecule has 0 aliphatic heterocycles. The minimum atomic E-state index is -3.76. The van der Waals surface area contributed by atoms with Crippen molar-refractivity contribution in [2.24, 2.45) is 5.73 Å². The van der Waals surface area contributed by atoms with Gasteiger partial charge in [0.15, 0.2) is 0 Å². The molecule has 18 heavy (non-hydrogen) atoms. The Labute approximate surface area is 126 Å². The lowest BCUT2D eigenvalue weighted by molar-refractivity contribution is 0.567. The lowest BCUT2D eigenvalue weighted by Crippen LogP contribution is -2.43. The van der Waals surface area contributed by atoms with Crippen molar-refractivity contribution in [2.75, 3.05) is 0 Å². The molecule has 102 valence electrons. The summed E-state index contributed by atoms with van der Waals surface area (Å²) in [5.74, 6) is 0. The van der Waals surface area contributed by atoms with E-state index in [1.165, 1.54) is 6.07 Å². The van der Waals surface area contributed by atoms with Gasteiger partial charge in [0.2, 0.25) is 10.0 Å². The van der Waals surface area contributed by atoms with Crippen LogP contribution in [0.1, 0.15) is 19.8 Å². The van der Waals surface area contributed by atoms with Crippen molar-refractivity contribution in [3.63, 3.8) is 0 Å². The Hall–Kier alpha value is 0.0800. The van der Waals surface area contributed by atoms with E-state index in [1.807, 2.05) is 6.92 Å². The summed E-state index contributed by atoms with van der Waals surface area (Å²) in [6.07, 6.45) is 1.28. The summed E-state index contributed by atoms with van der Waals surface area (Å²) in [6.45, 7) is 1.91. The van der Waals surface area contributed by atoms with Crippen molar-refractivity contribution in [2.45, 2.75) is 30.7 Å². The summed E-state index contributed by atoms with van der Waals surface area (Å²) in [5, 5.41) is 0. The van der Waals surface area contributed by atoms with Crippen molar-refractivity contribution in [1.82, 2.24) is 4.72 Å². The molecule has 0 spiro atoms. The minimum absolute atomic E-state index is 0.0449. The van der Waals surface area contributed by atoms with Gasteiger partial charge in [0.05, 0.1) is 15.4 Å². The molecule has 0 bridgehead atoms. The summed E-state index contributed by atoms with van der Waals surface area (Å²) in [6, 6.07) is 0.726. The van der Waals surface area contributed by atoms with Crippen LogP contribution in [-0.2, 0) is 10.0 Å². The first-order valence-electron chi connectivity index (χ1n) is 5.04. The fraction of sp³-hybridized carbons (Fsp3) is 0.444. The molecule has 0 aromatic carbocycles. The minimum Gasteiger partial charge on any atom is -0.392 e. The topological polar surface area (TPSA) is 72.2 Å². The van der Waals surface area contributed by atoms with Gasteiger partial charge in [-0.2, -0.15) is 0 Å². The Morgan fingerprint density at radius 2 is 2.22 bits per heavy atom. The van der Waals surface area contributed by atoms with E-state index in [0.717, 1.165) is 17.8 Å². The molecule has 0 aliphatic rings. The zero-order valence-electron chi connectivity index (χ0n) is 9.44. The molecule has 0 fully saturated rings. The van der Waals surface area contributed by atoms with Crippen LogP contribution in [0, 0.1) is 0 Å². The Morgan fingerprint density at radius 3 is 2.61 bits per heavy atom. The quantitative estimate of drug-likeness (QED) is 0.776. The van der Waals surface area contributed by atoms with Gasteiger partial charge in [0.1, 0.15) is 9.23 Å². The van der Waals surface area contributed by atoms with Gasteiger partial charge in [-0.3, -0.25) is 0 Å².